The molecule has 132 valence electrons. The number of nitrogens with one attached hydrogen (secondary N) is 1. The van der Waals surface area contributed by atoms with Crippen LogP contribution in [0.2, 0.25) is 0 Å². The van der Waals surface area contributed by atoms with Crippen LogP contribution in [0.25, 0.3) is 0 Å². The van der Waals surface area contributed by atoms with Crippen molar-refractivity contribution in [1.82, 2.24) is 4.57 Å². The lowest BCUT2D eigenvalue weighted by Crippen LogP contribution is -2.22. The third-order valence-corrected chi connectivity index (χ3v) is 4.44. The molecular weight excluding hydrogens is 399 g/mol. The van der Waals surface area contributed by atoms with E-state index in [2.05, 4.69) is 21.2 Å². The van der Waals surface area contributed by atoms with Crippen molar-refractivity contribution in [2.75, 3.05) is 5.32 Å². The number of aryl methyl sites for hydroxylation is 1. The minimum atomic E-state index is -0.334. The third-order valence-electron chi connectivity index (χ3n) is 3.95. The zero-order chi connectivity index (χ0) is 18.7. The van der Waals surface area contributed by atoms with Gasteiger partial charge in [-0.15, -0.1) is 0 Å². The summed E-state index contributed by atoms with van der Waals surface area (Å²) in [6, 6.07) is 14.3. The summed E-state index contributed by atoms with van der Waals surface area (Å²) in [4.78, 5) is 24.6. The lowest BCUT2D eigenvalue weighted by Gasteiger charge is -2.11. The number of amides is 1. The monoisotopic (exact) mass is 414 g/mol. The molecule has 1 aromatic heterocycles. The first-order valence-electron chi connectivity index (χ1n) is 7.95. The van der Waals surface area contributed by atoms with Crippen molar-refractivity contribution in [3.8, 4) is 0 Å². The Balaban J connectivity index is 1.83. The highest BCUT2D eigenvalue weighted by Crippen LogP contribution is 2.20. The summed E-state index contributed by atoms with van der Waals surface area (Å²) in [7, 11) is 0. The molecule has 0 atom stereocenters. The van der Waals surface area contributed by atoms with Gasteiger partial charge in [-0.05, 0) is 54.4 Å². The number of pyridine rings is 1. The Kier molecular flexibility index (Phi) is 5.32. The molecule has 1 amide bonds. The molecule has 0 aliphatic carbocycles. The van der Waals surface area contributed by atoms with Crippen LogP contribution in [-0.2, 0) is 6.54 Å². The molecule has 6 heteroatoms. The summed E-state index contributed by atoms with van der Waals surface area (Å²) in [5.41, 5.74) is 2.54. The molecule has 0 aliphatic heterocycles. The maximum atomic E-state index is 13.0. The average Bonchev–Trinajstić information content (AvgIpc) is 2.61. The molecule has 4 nitrogen and oxygen atoms in total. The largest absolute Gasteiger partial charge is 0.322 e. The fourth-order valence-electron chi connectivity index (χ4n) is 2.54. The van der Waals surface area contributed by atoms with Crippen molar-refractivity contribution >= 4 is 27.5 Å². The Morgan fingerprint density at radius 2 is 1.85 bits per heavy atom. The van der Waals surface area contributed by atoms with Crippen molar-refractivity contribution in [2.24, 2.45) is 0 Å². The zero-order valence-corrected chi connectivity index (χ0v) is 15.6. The number of aromatic nitrogens is 1. The maximum absolute atomic E-state index is 13.0. The van der Waals surface area contributed by atoms with Crippen LogP contribution in [0.5, 0.6) is 0 Å². The van der Waals surface area contributed by atoms with Crippen LogP contribution in [0.1, 0.15) is 21.5 Å². The number of hydrogen-bond donors (Lipinski definition) is 1. The second-order valence-electron chi connectivity index (χ2n) is 5.92. The third kappa shape index (κ3) is 4.26. The van der Waals surface area contributed by atoms with Crippen LogP contribution in [0.3, 0.4) is 0 Å². The first kappa shape index (κ1) is 18.1. The molecule has 26 heavy (non-hydrogen) atoms. The van der Waals surface area contributed by atoms with Gasteiger partial charge in [0.1, 0.15) is 5.82 Å². The van der Waals surface area contributed by atoms with Gasteiger partial charge >= 0.3 is 0 Å². The van der Waals surface area contributed by atoms with Gasteiger partial charge in [0.2, 0.25) is 0 Å². The zero-order valence-electron chi connectivity index (χ0n) is 14.0. The van der Waals surface area contributed by atoms with Crippen LogP contribution in [-0.4, -0.2) is 10.5 Å². The lowest BCUT2D eigenvalue weighted by atomic mass is 10.2. The molecule has 2 aromatic carbocycles. The quantitative estimate of drug-likeness (QED) is 0.689. The molecule has 0 bridgehead atoms. The number of anilines is 1. The Labute approximate surface area is 158 Å². The van der Waals surface area contributed by atoms with Crippen LogP contribution < -0.4 is 10.9 Å². The number of halogens is 2. The van der Waals surface area contributed by atoms with E-state index >= 15 is 0 Å². The van der Waals surface area contributed by atoms with E-state index in [9.17, 15) is 14.0 Å². The summed E-state index contributed by atoms with van der Waals surface area (Å²) in [5.74, 6) is -0.637. The molecule has 1 heterocycles. The number of carbonyl (C=O) groups is 1. The second-order valence-corrected chi connectivity index (χ2v) is 6.84. The highest BCUT2D eigenvalue weighted by atomic mass is 79.9. The van der Waals surface area contributed by atoms with Crippen molar-refractivity contribution < 1.29 is 9.18 Å². The summed E-state index contributed by atoms with van der Waals surface area (Å²) in [6.07, 6.45) is 1.51. The Bertz CT molecular complexity index is 1010. The highest BCUT2D eigenvalue weighted by Gasteiger charge is 2.10. The maximum Gasteiger partial charge on any atom is 0.257 e. The molecule has 1 N–H and O–H groups in total. The topological polar surface area (TPSA) is 51.1 Å². The van der Waals surface area contributed by atoms with E-state index in [0.717, 1.165) is 15.6 Å². The van der Waals surface area contributed by atoms with Gasteiger partial charge in [-0.1, -0.05) is 28.1 Å². The van der Waals surface area contributed by atoms with E-state index in [1.54, 1.807) is 12.1 Å². The van der Waals surface area contributed by atoms with Gasteiger partial charge < -0.3 is 9.88 Å². The van der Waals surface area contributed by atoms with Gasteiger partial charge in [-0.3, -0.25) is 9.59 Å². The predicted octanol–water partition coefficient (Wildman–Crippen LogP) is 4.36. The Morgan fingerprint density at radius 1 is 1.12 bits per heavy atom. The predicted molar refractivity (Wildman–Crippen MR) is 103 cm³/mol. The van der Waals surface area contributed by atoms with Crippen LogP contribution in [0, 0.1) is 12.7 Å². The van der Waals surface area contributed by atoms with Crippen molar-refractivity contribution in [1.29, 1.82) is 0 Å². The number of rotatable bonds is 4. The molecule has 0 radical (unpaired) electrons. The summed E-state index contributed by atoms with van der Waals surface area (Å²) >= 11 is 3.39. The number of benzene rings is 2. The van der Waals surface area contributed by atoms with Crippen molar-refractivity contribution in [3.63, 3.8) is 0 Å². The van der Waals surface area contributed by atoms with E-state index in [1.165, 1.54) is 35.0 Å². The minimum absolute atomic E-state index is 0.231. The molecule has 0 fully saturated rings. The fraction of sp³-hybridized carbons (Fsp3) is 0.100. The second kappa shape index (κ2) is 7.66. The van der Waals surface area contributed by atoms with E-state index in [-0.39, 0.29) is 23.8 Å². The molecule has 0 unspecified atom stereocenters. The molecular formula is C20H16BrFN2O2. The van der Waals surface area contributed by atoms with Crippen molar-refractivity contribution in [2.45, 2.75) is 13.5 Å². The first-order valence-corrected chi connectivity index (χ1v) is 8.74. The van der Waals surface area contributed by atoms with Gasteiger partial charge in [0, 0.05) is 22.4 Å². The average molecular weight is 415 g/mol. The lowest BCUT2D eigenvalue weighted by molar-refractivity contribution is 0.102. The summed E-state index contributed by atoms with van der Waals surface area (Å²) in [6.45, 7) is 2.16. The minimum Gasteiger partial charge on any atom is -0.322 e. The van der Waals surface area contributed by atoms with Crippen molar-refractivity contribution in [3.05, 3.63) is 98.1 Å². The smallest absolute Gasteiger partial charge is 0.257 e. The summed E-state index contributed by atoms with van der Waals surface area (Å²) in [5, 5.41) is 2.85. The van der Waals surface area contributed by atoms with E-state index < -0.39 is 0 Å². The molecule has 0 aliphatic rings. The Morgan fingerprint density at radius 3 is 2.54 bits per heavy atom. The Hall–Kier alpha value is -2.73. The van der Waals surface area contributed by atoms with Crippen LogP contribution >= 0.6 is 15.9 Å². The van der Waals surface area contributed by atoms with Gasteiger partial charge in [0.25, 0.3) is 11.5 Å². The van der Waals surface area contributed by atoms with Crippen LogP contribution in [0.15, 0.2) is 70.1 Å². The molecule has 3 rings (SSSR count). The molecule has 0 saturated carbocycles. The molecule has 0 saturated heterocycles. The van der Waals surface area contributed by atoms with E-state index in [4.69, 9.17) is 0 Å². The highest BCUT2D eigenvalue weighted by molar-refractivity contribution is 9.10. The molecule has 0 spiro atoms. The van der Waals surface area contributed by atoms with Gasteiger partial charge in [-0.2, -0.15) is 0 Å². The normalized spacial score (nSPS) is 10.6. The van der Waals surface area contributed by atoms with Gasteiger partial charge in [-0.25, -0.2) is 4.39 Å². The van der Waals surface area contributed by atoms with Crippen LogP contribution in [0.4, 0.5) is 10.1 Å². The standard InChI is InChI=1S/C20H16BrFN2O2/c1-13-10-16(21)5-8-18(13)23-20(26)15-4-9-19(25)24(12-15)11-14-2-6-17(22)7-3-14/h2-10,12H,11H2,1H3,(H,23,26). The van der Waals surface area contributed by atoms with E-state index in [1.807, 2.05) is 25.1 Å². The summed E-state index contributed by atoms with van der Waals surface area (Å²) < 4.78 is 15.4. The number of hydrogen-bond acceptors (Lipinski definition) is 2. The number of carbonyl (C=O) groups excluding carboxylic acids is 1. The molecule has 3 aromatic rings. The van der Waals surface area contributed by atoms with Gasteiger partial charge in [0.15, 0.2) is 0 Å². The fourth-order valence-corrected chi connectivity index (χ4v) is 3.01. The first-order chi connectivity index (χ1) is 12.4. The number of nitrogens with zero attached hydrogens (tertiary/aromatic N) is 1. The SMILES string of the molecule is Cc1cc(Br)ccc1NC(=O)c1ccc(=O)n(Cc2ccc(F)cc2)c1. The van der Waals surface area contributed by atoms with Gasteiger partial charge in [0.05, 0.1) is 12.1 Å². The van der Waals surface area contributed by atoms with E-state index in [0.29, 0.717) is 11.3 Å².